The number of carbonyl (C=O) groups excluding carboxylic acids is 4. The first-order valence-electron chi connectivity index (χ1n) is 38.9. The molecule has 638 valence electrons. The van der Waals surface area contributed by atoms with Gasteiger partial charge >= 0.3 is 29.8 Å². The van der Waals surface area contributed by atoms with Crippen LogP contribution in [0.15, 0.2) is 237 Å². The standard InChI is InChI=1S/C25H18N2O5S.C25H23NO5S.C24H19NO5S.C23H15NO6S/c28-10-4-6-13-5-3-8-15-17(12-27-20(13)15)21(29)24-22(30)19(23(33-24)25(31)32)16-11-26-18-9-2-1-7-14(16)18;1-25(2,31)12-11-15-9-6-10-16-17(13-26-19(15)16)20(27)23-21(28)18(22(32-23)24(29)30)14-7-4-3-5-8-14;1-13(26)10-11-15-8-5-9-16-17(12-25-19(15)16)20(27)23-21(28)18(22(31-23)24(29)30)14-6-3-2-4-7-14;25-16(26)10-9-13-7-4-8-14-15(11-24-18(13)14)19(27)22-20(28)17(21(31-22)23(29)30)12-5-2-1-3-6-12/h1-9,11-12,26-28,30H,10H2,(H,31,32);3-10,13,26,28,31H,11-12H2,1-2H3,(H,29,30);2-13,25-26,28H,1H3,(H,29,30);1-11,24,28H,(H,25,26)(H,29,30)/b6-4+;;11-10+;10-9+. The summed E-state index contributed by atoms with van der Waals surface area (Å²) >= 11 is 3.02. The highest BCUT2D eigenvalue weighted by atomic mass is 32.1. The van der Waals surface area contributed by atoms with Gasteiger partial charge in [0.2, 0.25) is 23.1 Å². The van der Waals surface area contributed by atoms with Crippen LogP contribution in [0.25, 0.3) is 117 Å². The number of hydrogen-bond acceptors (Lipinski definition) is 20. The summed E-state index contributed by atoms with van der Waals surface area (Å²) in [7, 11) is 0. The molecule has 0 saturated carbocycles. The van der Waals surface area contributed by atoms with Crippen molar-refractivity contribution in [3.63, 3.8) is 0 Å². The van der Waals surface area contributed by atoms with Crippen molar-refractivity contribution in [3.05, 3.63) is 321 Å². The fraction of sp³-hybridized carbons (Fsp3) is 0.0825. The van der Waals surface area contributed by atoms with Crippen molar-refractivity contribution in [1.82, 2.24) is 24.9 Å². The molecule has 1 unspecified atom stereocenters. The molecule has 8 aromatic carbocycles. The van der Waals surface area contributed by atoms with Crippen molar-refractivity contribution < 1.29 is 104 Å². The van der Waals surface area contributed by atoms with Crippen molar-refractivity contribution >= 4 is 171 Å². The summed E-state index contributed by atoms with van der Waals surface area (Å²) < 4.78 is 0. The zero-order chi connectivity index (χ0) is 90.4. The van der Waals surface area contributed by atoms with Crippen molar-refractivity contribution in [2.24, 2.45) is 0 Å². The van der Waals surface area contributed by atoms with E-state index in [9.17, 15) is 94.2 Å². The summed E-state index contributed by atoms with van der Waals surface area (Å²) in [5.41, 5.74) is 9.72. The Kier molecular flexibility index (Phi) is 25.9. The van der Waals surface area contributed by atoms with Gasteiger partial charge in [-0.2, -0.15) is 0 Å². The SMILES string of the molecule is CC(C)(O)CCc1cccc2c(C(=O)c3sc(C(=O)O)c(-c4ccccc4)c3O)c[nH]c12.CC(O)/C=C/c1cccc2c(C(=O)c3sc(C(=O)O)c(-c4ccccc4)c3O)c[nH]c12.O=C(O)/C=C/c1cccc2c(C(=O)c3sc(C(=O)O)c(-c4ccccc4)c3O)c[nH]c12.O=C(O)c1sc(C(=O)c2c[nH]c3c(/C=C/CO)cccc23)c(O)c1-c1c[nH]c2ccccc12. The summed E-state index contributed by atoms with van der Waals surface area (Å²) in [5, 5.41) is 123. The van der Waals surface area contributed by atoms with E-state index < -0.39 is 64.7 Å². The van der Waals surface area contributed by atoms with E-state index in [-0.39, 0.29) is 96.4 Å². The summed E-state index contributed by atoms with van der Waals surface area (Å²) in [6.45, 7) is 5.03. The molecule has 26 nitrogen and oxygen atoms in total. The van der Waals surface area contributed by atoms with Gasteiger partial charge in [0.1, 0.15) is 62.0 Å². The van der Waals surface area contributed by atoms with Crippen molar-refractivity contribution in [2.75, 3.05) is 6.61 Å². The minimum atomic E-state index is -1.24. The molecule has 9 heterocycles. The Morgan fingerprint density at radius 1 is 0.378 bits per heavy atom. The average molecular weight is 1770 g/mol. The number of carboxylic acid groups (broad SMARTS) is 5. The third-order valence-electron chi connectivity index (χ3n) is 20.6. The van der Waals surface area contributed by atoms with Crippen LogP contribution < -0.4 is 0 Å². The van der Waals surface area contributed by atoms with E-state index in [0.717, 1.165) is 84.5 Å². The number of benzene rings is 8. The van der Waals surface area contributed by atoms with Crippen LogP contribution in [0.1, 0.15) is 149 Å². The van der Waals surface area contributed by atoms with Gasteiger partial charge in [-0.25, -0.2) is 24.0 Å². The number of thiophene rings is 4. The van der Waals surface area contributed by atoms with Crippen molar-refractivity contribution in [3.8, 4) is 67.5 Å². The molecule has 0 aliphatic carbocycles. The Bertz CT molecular complexity index is 7280. The molecule has 17 N–H and O–H groups in total. The number of para-hydroxylation sites is 5. The van der Waals surface area contributed by atoms with Crippen molar-refractivity contribution in [2.45, 2.75) is 45.3 Å². The largest absolute Gasteiger partial charge is 0.506 e. The molecule has 1 atom stereocenters. The lowest BCUT2D eigenvalue weighted by Gasteiger charge is -2.16. The number of aromatic hydroxyl groups is 4. The highest BCUT2D eigenvalue weighted by Gasteiger charge is 2.35. The van der Waals surface area contributed by atoms with Gasteiger partial charge in [0.15, 0.2) is 0 Å². The van der Waals surface area contributed by atoms with Crippen LogP contribution in [0.2, 0.25) is 0 Å². The van der Waals surface area contributed by atoms with Gasteiger partial charge in [0.05, 0.1) is 40.4 Å². The molecule has 0 spiro atoms. The number of ketones is 4. The van der Waals surface area contributed by atoms with Gasteiger partial charge in [0, 0.05) is 120 Å². The number of aliphatic hydroxyl groups excluding tert-OH is 2. The zero-order valence-electron chi connectivity index (χ0n) is 67.1. The fourth-order valence-electron chi connectivity index (χ4n) is 14.7. The van der Waals surface area contributed by atoms with E-state index in [4.69, 9.17) is 10.2 Å². The Morgan fingerprint density at radius 3 is 1.08 bits per heavy atom. The number of aromatic amines is 5. The molecular weight excluding hydrogens is 1700 g/mol. The summed E-state index contributed by atoms with van der Waals surface area (Å²) in [6, 6.07) is 54.7. The predicted molar refractivity (Wildman–Crippen MR) is 490 cm³/mol. The first-order valence-corrected chi connectivity index (χ1v) is 42.1. The van der Waals surface area contributed by atoms with E-state index in [2.05, 4.69) is 24.9 Å². The average Bonchev–Trinajstić information content (AvgIpc) is 1.59. The summed E-state index contributed by atoms with van der Waals surface area (Å²) in [6.07, 6.45) is 17.5. The lowest BCUT2D eigenvalue weighted by Crippen LogP contribution is -2.19. The molecule has 127 heavy (non-hydrogen) atoms. The van der Waals surface area contributed by atoms with Crippen LogP contribution in [-0.4, -0.2) is 157 Å². The van der Waals surface area contributed by atoms with Crippen LogP contribution >= 0.6 is 45.3 Å². The fourth-order valence-corrected chi connectivity index (χ4v) is 18.7. The molecular formula is C97H75N5O21S4. The smallest absolute Gasteiger partial charge is 0.346 e. The van der Waals surface area contributed by atoms with Crippen LogP contribution in [-0.2, 0) is 11.2 Å². The Hall–Kier alpha value is -15.4. The number of aryl methyl sites for hydroxylation is 1. The Balaban J connectivity index is 0.000000137. The van der Waals surface area contributed by atoms with E-state index >= 15 is 0 Å². The molecule has 30 heteroatoms. The zero-order valence-corrected chi connectivity index (χ0v) is 70.4. The number of rotatable bonds is 25. The van der Waals surface area contributed by atoms with Gasteiger partial charge in [-0.15, -0.1) is 45.3 Å². The number of aromatic carboxylic acids is 4. The van der Waals surface area contributed by atoms with Crippen molar-refractivity contribution in [1.29, 1.82) is 0 Å². The van der Waals surface area contributed by atoms with Gasteiger partial charge < -0.3 is 86.2 Å². The van der Waals surface area contributed by atoms with Gasteiger partial charge in [0.25, 0.3) is 0 Å². The molecule has 17 rings (SSSR count). The minimum Gasteiger partial charge on any atom is -0.506 e. The van der Waals surface area contributed by atoms with E-state index in [1.54, 1.807) is 203 Å². The number of aliphatic carboxylic acids is 1. The molecule has 0 saturated heterocycles. The Morgan fingerprint density at radius 2 is 0.709 bits per heavy atom. The predicted octanol–water partition coefficient (Wildman–Crippen LogP) is 19.8. The summed E-state index contributed by atoms with van der Waals surface area (Å²) in [4.78, 5) is 127. The molecule has 0 aliphatic heterocycles. The highest BCUT2D eigenvalue weighted by molar-refractivity contribution is 7.18. The summed E-state index contributed by atoms with van der Waals surface area (Å²) in [5.74, 6) is -9.25. The van der Waals surface area contributed by atoms with Gasteiger partial charge in [-0.3, -0.25) is 19.2 Å². The maximum atomic E-state index is 13.5. The van der Waals surface area contributed by atoms with Crippen LogP contribution in [0, 0.1) is 0 Å². The molecule has 9 aromatic heterocycles. The van der Waals surface area contributed by atoms with E-state index in [0.29, 0.717) is 95.4 Å². The second-order valence-electron chi connectivity index (χ2n) is 29.4. The topological polar surface area (TPSA) is 475 Å². The van der Waals surface area contributed by atoms with E-state index in [1.165, 1.54) is 12.3 Å². The molecule has 0 bridgehead atoms. The van der Waals surface area contributed by atoms with Crippen LogP contribution in [0.5, 0.6) is 23.0 Å². The first kappa shape index (κ1) is 87.9. The number of nitrogens with one attached hydrogen (secondary N) is 5. The minimum absolute atomic E-state index is 0.0101. The van der Waals surface area contributed by atoms with Crippen LogP contribution in [0.4, 0.5) is 0 Å². The number of hydrogen-bond donors (Lipinski definition) is 17. The lowest BCUT2D eigenvalue weighted by molar-refractivity contribution is -0.131. The maximum absolute atomic E-state index is 13.5. The number of carboxylic acids is 5. The number of aliphatic hydroxyl groups is 3. The molecule has 0 aliphatic rings. The van der Waals surface area contributed by atoms with Gasteiger partial charge in [-0.1, -0.05) is 206 Å². The number of carbonyl (C=O) groups is 9. The second kappa shape index (κ2) is 37.3. The molecule has 0 amide bonds. The molecule has 17 aromatic rings. The van der Waals surface area contributed by atoms with Gasteiger partial charge in [-0.05, 0) is 84.7 Å². The first-order chi connectivity index (χ1) is 60.9. The molecule has 0 radical (unpaired) electrons. The lowest BCUT2D eigenvalue weighted by atomic mass is 9.96. The monoisotopic (exact) mass is 1770 g/mol. The second-order valence-corrected chi connectivity index (χ2v) is 33.5. The maximum Gasteiger partial charge on any atom is 0.346 e. The Labute approximate surface area is 735 Å². The van der Waals surface area contributed by atoms with E-state index in [1.807, 2.05) is 54.6 Å². The number of fused-ring (bicyclic) bond motifs is 5. The van der Waals surface area contributed by atoms with Crippen LogP contribution in [0.3, 0.4) is 0 Å². The number of H-pyrrole nitrogens is 5. The molecule has 0 fully saturated rings. The third-order valence-corrected chi connectivity index (χ3v) is 25.2. The highest BCUT2D eigenvalue weighted by Crippen LogP contribution is 2.49. The normalized spacial score (nSPS) is 11.8. The quantitative estimate of drug-likeness (QED) is 0.0187. The third kappa shape index (κ3) is 18.1. The number of aromatic nitrogens is 5.